The van der Waals surface area contributed by atoms with Crippen LogP contribution in [0.3, 0.4) is 0 Å². The Morgan fingerprint density at radius 2 is 0.726 bits per heavy atom. The van der Waals surface area contributed by atoms with Crippen LogP contribution in [-0.2, 0) is 70.4 Å². The summed E-state index contributed by atoms with van der Waals surface area (Å²) in [4.78, 5) is 60.6. The molecule has 3 spiro atoms. The molecule has 135 heavy (non-hydrogen) atoms. The fraction of sp³-hybridized carbons (Fsp3) is 0.558. The Bertz CT molecular complexity index is 5740. The summed E-state index contributed by atoms with van der Waals surface area (Å²) in [6.45, 7) is 16.1. The molecule has 20 rings (SSSR count). The molecular formula is C104H127Cl3N6O15S7. The van der Waals surface area contributed by atoms with E-state index in [9.17, 15) is 54.6 Å². The average Bonchev–Trinajstić information content (AvgIpc) is 1.50. The Kier molecular flexibility index (Phi) is 29.3. The number of aliphatic hydroxyl groups is 2. The van der Waals surface area contributed by atoms with Crippen molar-refractivity contribution in [2.24, 2.45) is 53.3 Å². The number of aryl methyl sites for hydroxylation is 3. The number of thioether (sulfide) groups is 4. The van der Waals surface area contributed by atoms with E-state index < -0.39 is 74.7 Å². The molecule has 0 unspecified atom stereocenters. The van der Waals surface area contributed by atoms with E-state index in [1.165, 1.54) is 33.4 Å². The van der Waals surface area contributed by atoms with E-state index in [1.54, 1.807) is 75.4 Å². The fourth-order valence-corrected chi connectivity index (χ4v) is 34.5. The second kappa shape index (κ2) is 40.1. The monoisotopic (exact) mass is 2030 g/mol. The third kappa shape index (κ3) is 20.2. The van der Waals surface area contributed by atoms with Gasteiger partial charge in [-0.1, -0.05) is 104 Å². The highest BCUT2D eigenvalue weighted by molar-refractivity contribution is 8.18. The molecule has 2 saturated heterocycles. The van der Waals surface area contributed by atoms with Crippen LogP contribution in [0.15, 0.2) is 146 Å². The molecule has 0 aromatic heterocycles. The number of carbonyl (C=O) groups is 4. The van der Waals surface area contributed by atoms with Crippen molar-refractivity contribution in [2.75, 3.05) is 96.8 Å². The van der Waals surface area contributed by atoms with Crippen molar-refractivity contribution in [3.05, 3.63) is 211 Å². The van der Waals surface area contributed by atoms with Gasteiger partial charge in [0.15, 0.2) is 5.78 Å². The van der Waals surface area contributed by atoms with Gasteiger partial charge in [0.1, 0.15) is 28.5 Å². The lowest BCUT2D eigenvalue weighted by Crippen LogP contribution is -2.55. The van der Waals surface area contributed by atoms with Crippen LogP contribution in [0.4, 0.5) is 17.1 Å². The Hall–Kier alpha value is -6.54. The molecule has 8 aliphatic heterocycles. The molecule has 6 aromatic carbocycles. The van der Waals surface area contributed by atoms with Gasteiger partial charge in [0, 0.05) is 93.2 Å². The van der Waals surface area contributed by atoms with E-state index in [1.807, 2.05) is 122 Å². The van der Waals surface area contributed by atoms with Crippen LogP contribution < -0.4 is 43.1 Å². The van der Waals surface area contributed by atoms with E-state index in [0.29, 0.717) is 95.6 Å². The summed E-state index contributed by atoms with van der Waals surface area (Å²) in [6, 6.07) is 34.3. The number of hydrogen-bond acceptors (Lipinski definition) is 22. The van der Waals surface area contributed by atoms with Crippen LogP contribution in [0.5, 0.6) is 17.2 Å². The highest BCUT2D eigenvalue weighted by atomic mass is 35.5. The number of anilines is 3. The van der Waals surface area contributed by atoms with Crippen molar-refractivity contribution in [3.63, 3.8) is 0 Å². The zero-order valence-electron chi connectivity index (χ0n) is 77.8. The summed E-state index contributed by atoms with van der Waals surface area (Å²) in [5, 5.41) is 25.1. The molecule has 5 fully saturated rings. The van der Waals surface area contributed by atoms with Crippen LogP contribution in [0.25, 0.3) is 0 Å². The summed E-state index contributed by atoms with van der Waals surface area (Å²) in [6.07, 6.45) is 29.7. The second-order valence-electron chi connectivity index (χ2n) is 41.1. The highest BCUT2D eigenvalue weighted by Crippen LogP contribution is 2.57. The molecule has 8 heterocycles. The summed E-state index contributed by atoms with van der Waals surface area (Å²) in [7, 11) is -11.8. The quantitative estimate of drug-likeness (QED) is 0.101. The molecule has 31 heteroatoms. The van der Waals surface area contributed by atoms with Crippen molar-refractivity contribution in [3.8, 4) is 17.2 Å². The first kappa shape index (κ1) is 98.6. The predicted molar refractivity (Wildman–Crippen MR) is 547 cm³/mol. The number of ketones is 1. The zero-order chi connectivity index (χ0) is 94.9. The maximum Gasteiger partial charge on any atom is 0.264 e. The van der Waals surface area contributed by atoms with Gasteiger partial charge in [-0.25, -0.2) is 39.4 Å². The van der Waals surface area contributed by atoms with Crippen LogP contribution in [-0.4, -0.2) is 177 Å². The number of rotatable bonds is 2. The lowest BCUT2D eigenvalue weighted by atomic mass is 9.64. The van der Waals surface area contributed by atoms with Gasteiger partial charge in [-0.05, 0) is 350 Å². The van der Waals surface area contributed by atoms with Crippen molar-refractivity contribution in [1.82, 2.24) is 14.2 Å². The van der Waals surface area contributed by atoms with E-state index in [-0.39, 0.29) is 101 Å². The standard InChI is InChI=1S/2C36H45ClN2O5S3.C32H37ClN2O5S/c2*1-23-6-3-15-36(41,34-45-16-5-17-46-34)30-11-8-27(30)20-39-21-35(14-4-7-25-18-28(37)10-12-29(25)35)22-44-32-13-9-26(19-31(32)39)33(40)38-47(42,43)24(23)2;1-20-5-3-7-29(36)26-11-8-24(26)17-35-18-32(14-4-6-22-15-25(33)10-12-27(22)32)19-40-30-13-9-23(16-28(30)35)31(37)34-41(38,39)21(20)2/h2*3,9-10,12-13,15,18-19,23-24,27,30,34,41H,4-8,11,14,16-17,20-22H2,1-2H3,(H,38,40);3,7,9-10,12-13,15-16,20-21,24,26H,4-6,8,11,14,17-19H2,1-2H3,(H,34,37)/b2*15-3+;7-3+/t23-,24+,27-,30+,35-,36+;23-,24+,27-,30+,35-,36-;20-,21+,24-,26+,32-/m000/s1. The van der Waals surface area contributed by atoms with Crippen molar-refractivity contribution < 1.29 is 68.9 Å². The summed E-state index contributed by atoms with van der Waals surface area (Å²) < 4.78 is 107. The number of fused-ring (bicyclic) bond motifs is 12. The van der Waals surface area contributed by atoms with E-state index in [0.717, 1.165) is 164 Å². The maximum atomic E-state index is 13.5. The van der Waals surface area contributed by atoms with Gasteiger partial charge in [0.25, 0.3) is 17.7 Å². The Labute approximate surface area is 829 Å². The molecule has 6 aromatic rings. The Morgan fingerprint density at radius 3 is 1.04 bits per heavy atom. The summed E-state index contributed by atoms with van der Waals surface area (Å²) in [5.41, 5.74) is 7.87. The molecule has 0 radical (unpaired) electrons. The Morgan fingerprint density at radius 1 is 0.400 bits per heavy atom. The molecule has 3 amide bonds. The van der Waals surface area contributed by atoms with E-state index in [2.05, 4.69) is 65.3 Å². The number of nitrogens with zero attached hydrogens (tertiary/aromatic N) is 3. The lowest BCUT2D eigenvalue weighted by Gasteiger charge is -2.51. The van der Waals surface area contributed by atoms with Crippen LogP contribution in [0.2, 0.25) is 15.1 Å². The number of halogens is 3. The number of ether oxygens (including phenoxy) is 3. The number of hydrogen-bond donors (Lipinski definition) is 5. The number of nitrogens with one attached hydrogen (secondary N) is 3. The fourth-order valence-electron chi connectivity index (χ4n) is 23.6. The lowest BCUT2D eigenvalue weighted by molar-refractivity contribution is -0.122. The van der Waals surface area contributed by atoms with Gasteiger partial charge < -0.3 is 39.1 Å². The van der Waals surface area contributed by atoms with E-state index >= 15 is 0 Å². The number of sulfonamides is 3. The minimum atomic E-state index is -3.95. The number of carbonyl (C=O) groups excluding carboxylic acids is 4. The van der Waals surface area contributed by atoms with Crippen LogP contribution >= 0.6 is 81.9 Å². The van der Waals surface area contributed by atoms with Gasteiger partial charge in [-0.3, -0.25) is 19.2 Å². The third-order valence-corrected chi connectivity index (χ3v) is 45.5. The van der Waals surface area contributed by atoms with Crippen LogP contribution in [0.1, 0.15) is 215 Å². The Balaban J connectivity index is 0.000000136. The topological polar surface area (TPSA) is 285 Å². The zero-order valence-corrected chi connectivity index (χ0v) is 85.8. The average molecular weight is 2030 g/mol. The van der Waals surface area contributed by atoms with Gasteiger partial charge in [-0.15, -0.1) is 47.0 Å². The smallest absolute Gasteiger partial charge is 0.264 e. The first-order valence-electron chi connectivity index (χ1n) is 48.6. The van der Waals surface area contributed by atoms with E-state index in [4.69, 9.17) is 49.0 Å². The summed E-state index contributed by atoms with van der Waals surface area (Å²) in [5.74, 6) is 4.32. The second-order valence-corrected chi connectivity index (χ2v) is 54.0. The first-order valence-corrected chi connectivity index (χ1v) is 58.6. The normalized spacial score (nSPS) is 34.1. The van der Waals surface area contributed by atoms with Crippen molar-refractivity contribution in [1.29, 1.82) is 0 Å². The number of amides is 3. The predicted octanol–water partition coefficient (Wildman–Crippen LogP) is 19.1. The SMILES string of the molecule is C[C@@H]1[C@@H](C)C/C=C/C(=O)[C@@H]2CC[C@H]2CN2C[C@@]3(CCCc4cc(Cl)ccc43)COc3ccc(cc32)C(=O)NS1(=O)=O.C[C@@H]1[C@@H](C)C/C=C/[C@@](O)(C2SCCCS2)[C@@H]2CC[C@H]2CN2C[C@@]3(CCCc4cc(Cl)ccc43)COc3ccc(cc32)C(=O)NS1(=O)=O.C[C@@H]1[C@@H](C)C/C=C/[C@](O)(C2SCCCS2)[C@@H]2CC[C@H]2CN2C[C@@]3(CCCc4cc(Cl)ccc43)COc3ccc(cc32)C(=O)NS1(=O)=O. The molecule has 21 nitrogen and oxygen atoms in total. The van der Waals surface area contributed by atoms with Gasteiger partial charge in [0.2, 0.25) is 30.1 Å². The molecule has 5 N–H and O–H groups in total. The number of benzene rings is 6. The first-order chi connectivity index (χ1) is 64.5. The van der Waals surface area contributed by atoms with Gasteiger partial charge in [-0.2, -0.15) is 0 Å². The van der Waals surface area contributed by atoms with Gasteiger partial charge >= 0.3 is 0 Å². The largest absolute Gasteiger partial charge is 0.490 e. The molecule has 726 valence electrons. The highest BCUT2D eigenvalue weighted by Gasteiger charge is 2.56. The van der Waals surface area contributed by atoms with Gasteiger partial charge in [0.05, 0.1) is 61.8 Å². The minimum absolute atomic E-state index is 0.0302. The minimum Gasteiger partial charge on any atom is -0.490 e. The maximum absolute atomic E-state index is 13.5. The summed E-state index contributed by atoms with van der Waals surface area (Å²) >= 11 is 26.7. The van der Waals surface area contributed by atoms with Crippen molar-refractivity contribution >= 4 is 152 Å². The molecule has 6 aliphatic carbocycles. The number of allylic oxidation sites excluding steroid dienone is 4. The molecule has 14 aliphatic rings. The molecule has 6 bridgehead atoms. The molecular weight excluding hydrogens is 1900 g/mol. The third-order valence-electron chi connectivity index (χ3n) is 32.6. The molecule has 3 saturated carbocycles. The molecule has 17 atom stereocenters. The van der Waals surface area contributed by atoms with Crippen LogP contribution in [0, 0.1) is 53.3 Å². The van der Waals surface area contributed by atoms with Crippen molar-refractivity contribution in [2.45, 2.75) is 222 Å².